The third-order valence-corrected chi connectivity index (χ3v) is 3.96. The second-order valence-electron chi connectivity index (χ2n) is 5.47. The lowest BCUT2D eigenvalue weighted by Gasteiger charge is -2.01. The van der Waals surface area contributed by atoms with E-state index in [4.69, 9.17) is 4.98 Å². The van der Waals surface area contributed by atoms with E-state index >= 15 is 0 Å². The Morgan fingerprint density at radius 1 is 1.20 bits per heavy atom. The monoisotopic (exact) mass is 268 g/mol. The molecule has 3 heterocycles. The summed E-state index contributed by atoms with van der Waals surface area (Å²) in [4.78, 5) is 13.5. The van der Waals surface area contributed by atoms with E-state index in [0.29, 0.717) is 11.6 Å². The fourth-order valence-corrected chi connectivity index (χ4v) is 2.49. The molecule has 0 aromatic carbocycles. The Labute approximate surface area is 116 Å². The molecule has 0 unspecified atom stereocenters. The van der Waals surface area contributed by atoms with E-state index in [0.717, 1.165) is 22.9 Å². The van der Waals surface area contributed by atoms with Crippen LogP contribution in [0.1, 0.15) is 30.3 Å². The van der Waals surface area contributed by atoms with Crippen molar-refractivity contribution in [3.8, 4) is 11.4 Å². The molecule has 0 aliphatic heterocycles. The maximum atomic E-state index is 4.70. The van der Waals surface area contributed by atoms with Crippen LogP contribution in [-0.2, 0) is 14.1 Å². The summed E-state index contributed by atoms with van der Waals surface area (Å²) >= 11 is 0. The minimum Gasteiger partial charge on any atom is -0.315 e. The SMILES string of the molecule is Cc1nc2ncc(-c3cc(C4CC4)nn3C)nc2n1C. The fourth-order valence-electron chi connectivity index (χ4n) is 2.49. The van der Waals surface area contributed by atoms with Crippen LogP contribution in [0.15, 0.2) is 12.3 Å². The van der Waals surface area contributed by atoms with Gasteiger partial charge >= 0.3 is 0 Å². The predicted molar refractivity (Wildman–Crippen MR) is 75.2 cm³/mol. The Kier molecular flexibility index (Phi) is 2.24. The molecular formula is C14H16N6. The molecule has 3 aromatic rings. The molecule has 0 saturated heterocycles. The van der Waals surface area contributed by atoms with Gasteiger partial charge in [0.05, 0.1) is 17.6 Å². The topological polar surface area (TPSA) is 61.4 Å². The number of hydrogen-bond acceptors (Lipinski definition) is 4. The maximum absolute atomic E-state index is 4.70. The highest BCUT2D eigenvalue weighted by Gasteiger charge is 2.27. The van der Waals surface area contributed by atoms with E-state index in [1.807, 2.05) is 30.3 Å². The third-order valence-electron chi connectivity index (χ3n) is 3.96. The molecule has 1 aliphatic carbocycles. The summed E-state index contributed by atoms with van der Waals surface area (Å²) in [6.07, 6.45) is 4.28. The Bertz CT molecular complexity index is 809. The number of imidazole rings is 1. The average molecular weight is 268 g/mol. The lowest BCUT2D eigenvalue weighted by molar-refractivity contribution is 0.748. The highest BCUT2D eigenvalue weighted by atomic mass is 15.3. The normalized spacial score (nSPS) is 15.2. The van der Waals surface area contributed by atoms with E-state index in [9.17, 15) is 0 Å². The summed E-state index contributed by atoms with van der Waals surface area (Å²) in [7, 11) is 3.92. The summed E-state index contributed by atoms with van der Waals surface area (Å²) in [6, 6.07) is 2.14. The minimum atomic E-state index is 0.644. The molecule has 6 heteroatoms. The number of nitrogens with zero attached hydrogens (tertiary/aromatic N) is 6. The first-order chi connectivity index (χ1) is 9.63. The van der Waals surface area contributed by atoms with E-state index in [1.54, 1.807) is 6.20 Å². The molecule has 0 spiro atoms. The molecule has 1 saturated carbocycles. The van der Waals surface area contributed by atoms with Crippen LogP contribution in [-0.4, -0.2) is 29.3 Å². The van der Waals surface area contributed by atoms with Gasteiger partial charge in [-0.2, -0.15) is 5.10 Å². The molecule has 4 rings (SSSR count). The Hall–Kier alpha value is -2.24. The van der Waals surface area contributed by atoms with Crippen LogP contribution in [0.5, 0.6) is 0 Å². The second kappa shape index (κ2) is 3.88. The van der Waals surface area contributed by atoms with E-state index in [2.05, 4.69) is 21.1 Å². The van der Waals surface area contributed by atoms with Crippen molar-refractivity contribution in [3.63, 3.8) is 0 Å². The van der Waals surface area contributed by atoms with E-state index in [-0.39, 0.29) is 0 Å². The molecule has 102 valence electrons. The van der Waals surface area contributed by atoms with Crippen LogP contribution in [0.2, 0.25) is 0 Å². The van der Waals surface area contributed by atoms with Crippen LogP contribution in [0.4, 0.5) is 0 Å². The van der Waals surface area contributed by atoms with Crippen molar-refractivity contribution in [3.05, 3.63) is 23.8 Å². The zero-order chi connectivity index (χ0) is 13.9. The second-order valence-corrected chi connectivity index (χ2v) is 5.47. The van der Waals surface area contributed by atoms with Crippen molar-refractivity contribution in [2.75, 3.05) is 0 Å². The molecule has 1 fully saturated rings. The highest BCUT2D eigenvalue weighted by molar-refractivity contribution is 5.70. The number of aromatic nitrogens is 6. The lowest BCUT2D eigenvalue weighted by atomic mass is 10.2. The lowest BCUT2D eigenvalue weighted by Crippen LogP contribution is -1.98. The molecule has 20 heavy (non-hydrogen) atoms. The van der Waals surface area contributed by atoms with Crippen molar-refractivity contribution in [1.29, 1.82) is 0 Å². The summed E-state index contributed by atoms with van der Waals surface area (Å²) in [5.74, 6) is 1.56. The van der Waals surface area contributed by atoms with Crippen LogP contribution < -0.4 is 0 Å². The summed E-state index contributed by atoms with van der Waals surface area (Å²) in [5, 5.41) is 4.58. The Balaban J connectivity index is 1.86. The third kappa shape index (κ3) is 1.64. The van der Waals surface area contributed by atoms with Gasteiger partial charge in [-0.3, -0.25) is 4.68 Å². The maximum Gasteiger partial charge on any atom is 0.197 e. The van der Waals surface area contributed by atoms with Gasteiger partial charge in [0, 0.05) is 20.0 Å². The van der Waals surface area contributed by atoms with Gasteiger partial charge in [-0.05, 0) is 25.8 Å². The molecule has 3 aromatic heterocycles. The van der Waals surface area contributed by atoms with Crippen molar-refractivity contribution in [2.45, 2.75) is 25.7 Å². The van der Waals surface area contributed by atoms with Gasteiger partial charge < -0.3 is 4.57 Å². The van der Waals surface area contributed by atoms with Gasteiger partial charge in [-0.25, -0.2) is 15.0 Å². The molecule has 0 bridgehead atoms. The summed E-state index contributed by atoms with van der Waals surface area (Å²) < 4.78 is 3.86. The van der Waals surface area contributed by atoms with Gasteiger partial charge in [0.2, 0.25) is 0 Å². The van der Waals surface area contributed by atoms with E-state index in [1.165, 1.54) is 18.5 Å². The number of hydrogen-bond donors (Lipinski definition) is 0. The van der Waals surface area contributed by atoms with Gasteiger partial charge in [0.1, 0.15) is 11.5 Å². The molecular weight excluding hydrogens is 252 g/mol. The zero-order valence-electron chi connectivity index (χ0n) is 11.8. The smallest absolute Gasteiger partial charge is 0.197 e. The van der Waals surface area contributed by atoms with Crippen LogP contribution in [0.3, 0.4) is 0 Å². The number of fused-ring (bicyclic) bond motifs is 1. The number of aryl methyl sites for hydroxylation is 3. The van der Waals surface area contributed by atoms with Crippen LogP contribution in [0, 0.1) is 6.92 Å². The van der Waals surface area contributed by atoms with Gasteiger partial charge in [-0.15, -0.1) is 0 Å². The largest absolute Gasteiger partial charge is 0.315 e. The molecule has 0 N–H and O–H groups in total. The highest BCUT2D eigenvalue weighted by Crippen LogP contribution is 2.40. The molecule has 1 aliphatic rings. The predicted octanol–water partition coefficient (Wildman–Crippen LogP) is 1.95. The van der Waals surface area contributed by atoms with Crippen molar-refractivity contribution in [2.24, 2.45) is 14.1 Å². The van der Waals surface area contributed by atoms with E-state index < -0.39 is 0 Å². The van der Waals surface area contributed by atoms with Crippen molar-refractivity contribution >= 4 is 11.3 Å². The Morgan fingerprint density at radius 3 is 2.75 bits per heavy atom. The van der Waals surface area contributed by atoms with Gasteiger partial charge in [0.25, 0.3) is 0 Å². The van der Waals surface area contributed by atoms with Gasteiger partial charge in [-0.1, -0.05) is 0 Å². The van der Waals surface area contributed by atoms with Crippen LogP contribution in [0.25, 0.3) is 22.7 Å². The van der Waals surface area contributed by atoms with Crippen molar-refractivity contribution in [1.82, 2.24) is 29.3 Å². The standard InChI is InChI=1S/C14H16N6/c1-8-16-13-14(19(8)2)17-11(7-15-13)12-6-10(9-4-5-9)18-20(12)3/h6-7,9H,4-5H2,1-3H3. The molecule has 0 atom stereocenters. The minimum absolute atomic E-state index is 0.644. The van der Waals surface area contributed by atoms with Gasteiger partial charge in [0.15, 0.2) is 11.3 Å². The first-order valence-electron chi connectivity index (χ1n) is 6.84. The molecule has 0 amide bonds. The van der Waals surface area contributed by atoms with Crippen LogP contribution >= 0.6 is 0 Å². The zero-order valence-corrected chi connectivity index (χ0v) is 11.8. The summed E-state index contributed by atoms with van der Waals surface area (Å²) in [6.45, 7) is 1.96. The summed E-state index contributed by atoms with van der Waals surface area (Å²) in [5.41, 5.74) is 4.54. The van der Waals surface area contributed by atoms with Crippen molar-refractivity contribution < 1.29 is 0 Å². The molecule has 6 nitrogen and oxygen atoms in total. The first-order valence-corrected chi connectivity index (χ1v) is 6.84. The fraction of sp³-hybridized carbons (Fsp3) is 0.429. The number of rotatable bonds is 2. The Morgan fingerprint density at radius 2 is 2.00 bits per heavy atom. The molecule has 0 radical (unpaired) electrons. The first kappa shape index (κ1) is 11.6. The average Bonchev–Trinajstić information content (AvgIpc) is 3.16. The quantitative estimate of drug-likeness (QED) is 0.712.